The van der Waals surface area contributed by atoms with Gasteiger partial charge in [-0.1, -0.05) is 37.6 Å². The molecule has 27 heavy (non-hydrogen) atoms. The van der Waals surface area contributed by atoms with Crippen LogP contribution in [0, 0.1) is 11.8 Å². The van der Waals surface area contributed by atoms with Crippen LogP contribution in [0.3, 0.4) is 0 Å². The van der Waals surface area contributed by atoms with Crippen LogP contribution in [0.15, 0.2) is 24.3 Å². The molecule has 1 aliphatic carbocycles. The Bertz CT molecular complexity index is 669. The standard InChI is InChI=1S/C23H35N3O/c1-3-26-15-18-7-4-5-8-20(18)23(16-26,19-11-13-24-14-12-19)21-9-6-10-22(21)25-17(2)27/h4-5,7-8,19,21-22,24H,3,6,9-16H2,1-2H3,(H,25,27)/t21-,22?,23?/m0/s1. The Morgan fingerprint density at radius 2 is 2.00 bits per heavy atom. The van der Waals surface area contributed by atoms with Crippen LogP contribution in [-0.4, -0.2) is 43.0 Å². The van der Waals surface area contributed by atoms with Crippen LogP contribution in [0.1, 0.15) is 57.1 Å². The highest BCUT2D eigenvalue weighted by Gasteiger charge is 2.53. The summed E-state index contributed by atoms with van der Waals surface area (Å²) < 4.78 is 0. The summed E-state index contributed by atoms with van der Waals surface area (Å²) in [7, 11) is 0. The third-order valence-electron chi connectivity index (χ3n) is 7.48. The molecular weight excluding hydrogens is 334 g/mol. The Morgan fingerprint density at radius 3 is 2.74 bits per heavy atom. The van der Waals surface area contributed by atoms with E-state index in [9.17, 15) is 4.79 Å². The van der Waals surface area contributed by atoms with Crippen LogP contribution in [0.5, 0.6) is 0 Å². The van der Waals surface area contributed by atoms with Crippen molar-refractivity contribution in [1.29, 1.82) is 0 Å². The van der Waals surface area contributed by atoms with Crippen molar-refractivity contribution in [3.8, 4) is 0 Å². The molecule has 4 heteroatoms. The summed E-state index contributed by atoms with van der Waals surface area (Å²) in [5, 5.41) is 6.91. The van der Waals surface area contributed by atoms with Crippen molar-refractivity contribution in [3.63, 3.8) is 0 Å². The predicted molar refractivity (Wildman–Crippen MR) is 110 cm³/mol. The summed E-state index contributed by atoms with van der Waals surface area (Å²) in [5.74, 6) is 1.36. The second kappa shape index (κ2) is 7.92. The van der Waals surface area contributed by atoms with Crippen molar-refractivity contribution in [3.05, 3.63) is 35.4 Å². The summed E-state index contributed by atoms with van der Waals surface area (Å²) in [5.41, 5.74) is 3.26. The highest BCUT2D eigenvalue weighted by molar-refractivity contribution is 5.73. The van der Waals surface area contributed by atoms with Crippen LogP contribution in [-0.2, 0) is 16.8 Å². The minimum Gasteiger partial charge on any atom is -0.353 e. The van der Waals surface area contributed by atoms with E-state index in [4.69, 9.17) is 0 Å². The third-order valence-corrected chi connectivity index (χ3v) is 7.48. The number of rotatable bonds is 4. The fraction of sp³-hybridized carbons (Fsp3) is 0.696. The maximum atomic E-state index is 11.9. The largest absolute Gasteiger partial charge is 0.353 e. The van der Waals surface area contributed by atoms with E-state index in [-0.39, 0.29) is 11.3 Å². The lowest BCUT2D eigenvalue weighted by Gasteiger charge is -2.54. The first kappa shape index (κ1) is 18.9. The molecule has 2 fully saturated rings. The van der Waals surface area contributed by atoms with Gasteiger partial charge in [-0.2, -0.15) is 0 Å². The molecule has 1 aromatic carbocycles. The van der Waals surface area contributed by atoms with Crippen LogP contribution in [0.25, 0.3) is 0 Å². The van der Waals surface area contributed by atoms with Gasteiger partial charge in [0.2, 0.25) is 5.91 Å². The molecule has 0 spiro atoms. The summed E-state index contributed by atoms with van der Waals surface area (Å²) in [4.78, 5) is 14.6. The van der Waals surface area contributed by atoms with Crippen LogP contribution < -0.4 is 10.6 Å². The van der Waals surface area contributed by atoms with E-state index in [1.165, 1.54) is 31.2 Å². The van der Waals surface area contributed by atoms with E-state index in [2.05, 4.69) is 46.7 Å². The van der Waals surface area contributed by atoms with Gasteiger partial charge in [-0.3, -0.25) is 9.69 Å². The molecule has 4 rings (SSSR count). The molecule has 2 unspecified atom stereocenters. The van der Waals surface area contributed by atoms with E-state index >= 15 is 0 Å². The van der Waals surface area contributed by atoms with Crippen molar-refractivity contribution >= 4 is 5.91 Å². The number of hydrogen-bond acceptors (Lipinski definition) is 3. The molecule has 2 aliphatic heterocycles. The molecule has 0 radical (unpaired) electrons. The fourth-order valence-electron chi connectivity index (χ4n) is 6.40. The highest BCUT2D eigenvalue weighted by Crippen LogP contribution is 2.53. The molecule has 2 N–H and O–H groups in total. The zero-order chi connectivity index (χ0) is 18.9. The topological polar surface area (TPSA) is 44.4 Å². The second-order valence-electron chi connectivity index (χ2n) is 8.87. The third kappa shape index (κ3) is 3.42. The number of nitrogens with zero attached hydrogens (tertiary/aromatic N) is 1. The molecule has 2 heterocycles. The quantitative estimate of drug-likeness (QED) is 0.857. The van der Waals surface area contributed by atoms with Gasteiger partial charge >= 0.3 is 0 Å². The monoisotopic (exact) mass is 369 g/mol. The van der Waals surface area contributed by atoms with Gasteiger partial charge in [0.1, 0.15) is 0 Å². The van der Waals surface area contributed by atoms with E-state index in [0.717, 1.165) is 39.1 Å². The predicted octanol–water partition coefficient (Wildman–Crippen LogP) is 3.06. The minimum atomic E-state index is 0.129. The number of likely N-dealkylation sites (N-methyl/N-ethyl adjacent to an activating group) is 1. The van der Waals surface area contributed by atoms with Crippen molar-refractivity contribution in [2.45, 2.75) is 64.0 Å². The molecule has 4 nitrogen and oxygen atoms in total. The molecule has 0 bridgehead atoms. The first-order valence-electron chi connectivity index (χ1n) is 10.9. The SMILES string of the molecule is CCN1Cc2ccccc2C(C2CCNCC2)([C@H]2CCCC2NC(C)=O)C1. The number of piperidine rings is 1. The molecule has 3 aliphatic rings. The lowest BCUT2D eigenvalue weighted by molar-refractivity contribution is -0.120. The molecule has 1 aromatic rings. The van der Waals surface area contributed by atoms with Gasteiger partial charge in [-0.15, -0.1) is 0 Å². The van der Waals surface area contributed by atoms with Crippen molar-refractivity contribution in [2.24, 2.45) is 11.8 Å². The Morgan fingerprint density at radius 1 is 1.22 bits per heavy atom. The average molecular weight is 370 g/mol. The number of nitrogens with one attached hydrogen (secondary N) is 2. The molecular formula is C23H35N3O. The van der Waals surface area contributed by atoms with Crippen LogP contribution in [0.4, 0.5) is 0 Å². The summed E-state index contributed by atoms with van der Waals surface area (Å²) in [6.07, 6.45) is 6.09. The van der Waals surface area contributed by atoms with Gasteiger partial charge in [0.25, 0.3) is 0 Å². The van der Waals surface area contributed by atoms with Gasteiger partial charge in [-0.25, -0.2) is 0 Å². The normalized spacial score (nSPS) is 32.2. The number of carbonyl (C=O) groups excluding carboxylic acids is 1. The zero-order valence-corrected chi connectivity index (χ0v) is 17.0. The van der Waals surface area contributed by atoms with Crippen molar-refractivity contribution in [1.82, 2.24) is 15.5 Å². The van der Waals surface area contributed by atoms with Gasteiger partial charge in [-0.05, 0) is 68.3 Å². The van der Waals surface area contributed by atoms with E-state index < -0.39 is 0 Å². The minimum absolute atomic E-state index is 0.129. The maximum Gasteiger partial charge on any atom is 0.217 e. The molecule has 148 valence electrons. The number of hydrogen-bond donors (Lipinski definition) is 2. The van der Waals surface area contributed by atoms with E-state index in [1.54, 1.807) is 12.5 Å². The zero-order valence-electron chi connectivity index (χ0n) is 17.0. The Kier molecular flexibility index (Phi) is 5.56. The number of fused-ring (bicyclic) bond motifs is 1. The number of amides is 1. The van der Waals surface area contributed by atoms with Gasteiger partial charge in [0.05, 0.1) is 0 Å². The summed E-state index contributed by atoms with van der Waals surface area (Å²) in [6.45, 7) is 9.53. The molecule has 1 saturated carbocycles. The summed E-state index contributed by atoms with van der Waals surface area (Å²) >= 11 is 0. The van der Waals surface area contributed by atoms with Crippen LogP contribution >= 0.6 is 0 Å². The van der Waals surface area contributed by atoms with E-state index in [0.29, 0.717) is 17.9 Å². The molecule has 0 aromatic heterocycles. The van der Waals surface area contributed by atoms with Crippen molar-refractivity contribution in [2.75, 3.05) is 26.2 Å². The fourth-order valence-corrected chi connectivity index (χ4v) is 6.40. The number of carbonyl (C=O) groups is 1. The Labute approximate surface area is 164 Å². The maximum absolute atomic E-state index is 11.9. The smallest absolute Gasteiger partial charge is 0.217 e. The highest BCUT2D eigenvalue weighted by atomic mass is 16.1. The lowest BCUT2D eigenvalue weighted by atomic mass is 9.56. The lowest BCUT2D eigenvalue weighted by Crippen LogP contribution is -2.59. The second-order valence-corrected chi connectivity index (χ2v) is 8.87. The van der Waals surface area contributed by atoms with Gasteiger partial charge < -0.3 is 10.6 Å². The molecule has 1 amide bonds. The van der Waals surface area contributed by atoms with Crippen molar-refractivity contribution < 1.29 is 4.79 Å². The van der Waals surface area contributed by atoms with E-state index in [1.807, 2.05) is 0 Å². The average Bonchev–Trinajstić information content (AvgIpc) is 3.15. The first-order valence-corrected chi connectivity index (χ1v) is 10.9. The van der Waals surface area contributed by atoms with Gasteiger partial charge in [0.15, 0.2) is 0 Å². The summed E-state index contributed by atoms with van der Waals surface area (Å²) in [6, 6.07) is 9.51. The Hall–Kier alpha value is -1.39. The first-order chi connectivity index (χ1) is 13.1. The van der Waals surface area contributed by atoms with Crippen LogP contribution in [0.2, 0.25) is 0 Å². The molecule has 1 saturated heterocycles. The number of benzene rings is 1. The Balaban J connectivity index is 1.82. The molecule has 3 atom stereocenters. The van der Waals surface area contributed by atoms with Gasteiger partial charge in [0, 0.05) is 31.5 Å².